The van der Waals surface area contributed by atoms with Crippen LogP contribution in [0.2, 0.25) is 5.02 Å². The van der Waals surface area contributed by atoms with Gasteiger partial charge in [-0.2, -0.15) is 0 Å². The molecule has 1 heterocycles. The van der Waals surface area contributed by atoms with E-state index < -0.39 is 0 Å². The molecule has 0 unspecified atom stereocenters. The first-order chi connectivity index (χ1) is 10.0. The molecule has 1 fully saturated rings. The number of piperazine rings is 1. The van der Waals surface area contributed by atoms with Gasteiger partial charge >= 0.3 is 0 Å². The Labute approximate surface area is 136 Å². The molecule has 21 heavy (non-hydrogen) atoms. The topological polar surface area (TPSA) is 49.9 Å². The Morgan fingerprint density at radius 1 is 1.24 bits per heavy atom. The summed E-state index contributed by atoms with van der Waals surface area (Å²) in [7, 11) is 1.49. The van der Waals surface area contributed by atoms with Crippen LogP contribution in [0.3, 0.4) is 0 Å². The van der Waals surface area contributed by atoms with E-state index in [9.17, 15) is 9.59 Å². The highest BCUT2D eigenvalue weighted by Crippen LogP contribution is 2.23. The van der Waals surface area contributed by atoms with Crippen LogP contribution in [-0.2, 0) is 9.53 Å². The van der Waals surface area contributed by atoms with Crippen LogP contribution in [0.25, 0.3) is 0 Å². The Kier molecular flexibility index (Phi) is 5.61. The van der Waals surface area contributed by atoms with Gasteiger partial charge in [-0.05, 0) is 18.2 Å². The third kappa shape index (κ3) is 3.96. The van der Waals surface area contributed by atoms with E-state index in [-0.39, 0.29) is 18.4 Å². The number of ether oxygens (including phenoxy) is 1. The lowest BCUT2D eigenvalue weighted by molar-refractivity contribution is -0.136. The molecule has 0 aromatic heterocycles. The molecule has 0 bridgehead atoms. The van der Waals surface area contributed by atoms with E-state index in [1.54, 1.807) is 28.0 Å². The Balaban J connectivity index is 2.00. The maximum Gasteiger partial charge on any atom is 0.255 e. The zero-order valence-electron chi connectivity index (χ0n) is 11.6. The van der Waals surface area contributed by atoms with Crippen LogP contribution in [0.1, 0.15) is 10.4 Å². The zero-order valence-corrected chi connectivity index (χ0v) is 14.0. The summed E-state index contributed by atoms with van der Waals surface area (Å²) >= 11 is 9.42. The first kappa shape index (κ1) is 16.3. The highest BCUT2D eigenvalue weighted by molar-refractivity contribution is 9.10. The number of rotatable bonds is 3. The number of methoxy groups -OCH3 is 1. The Bertz CT molecular complexity index is 545. The van der Waals surface area contributed by atoms with Gasteiger partial charge in [-0.1, -0.05) is 27.5 Å². The minimum absolute atomic E-state index is 0.0508. The van der Waals surface area contributed by atoms with Crippen LogP contribution in [0.5, 0.6) is 0 Å². The van der Waals surface area contributed by atoms with Crippen LogP contribution >= 0.6 is 27.5 Å². The minimum Gasteiger partial charge on any atom is -0.375 e. The average molecular weight is 376 g/mol. The van der Waals surface area contributed by atoms with Crippen molar-refractivity contribution in [3.05, 3.63) is 33.3 Å². The van der Waals surface area contributed by atoms with Gasteiger partial charge in [-0.25, -0.2) is 0 Å². The molecule has 1 aliphatic rings. The molecule has 2 amide bonds. The number of carbonyl (C=O) groups is 2. The summed E-state index contributed by atoms with van der Waals surface area (Å²) in [6.45, 7) is 2.10. The summed E-state index contributed by atoms with van der Waals surface area (Å²) in [6, 6.07) is 5.20. The second kappa shape index (κ2) is 7.24. The molecule has 7 heteroatoms. The quantitative estimate of drug-likeness (QED) is 0.812. The molecule has 1 saturated heterocycles. The SMILES string of the molecule is COCC(=O)N1CCN(C(=O)c2cc(Br)ccc2Cl)CC1. The lowest BCUT2D eigenvalue weighted by Gasteiger charge is -2.34. The van der Waals surface area contributed by atoms with Crippen molar-refractivity contribution in [2.45, 2.75) is 0 Å². The van der Waals surface area contributed by atoms with Crippen molar-refractivity contribution in [3.8, 4) is 0 Å². The normalized spacial score (nSPS) is 15.2. The fourth-order valence-corrected chi connectivity index (χ4v) is 2.76. The van der Waals surface area contributed by atoms with Gasteiger partial charge in [-0.3, -0.25) is 9.59 Å². The van der Waals surface area contributed by atoms with Gasteiger partial charge in [0.1, 0.15) is 6.61 Å². The molecule has 0 N–H and O–H groups in total. The summed E-state index contributed by atoms with van der Waals surface area (Å²) in [5.41, 5.74) is 0.475. The molecule has 5 nitrogen and oxygen atoms in total. The van der Waals surface area contributed by atoms with Gasteiger partial charge in [0.05, 0.1) is 10.6 Å². The number of benzene rings is 1. The molecule has 1 aromatic rings. The largest absolute Gasteiger partial charge is 0.375 e. The van der Waals surface area contributed by atoms with E-state index in [1.807, 2.05) is 0 Å². The molecular weight excluding hydrogens is 360 g/mol. The van der Waals surface area contributed by atoms with E-state index in [0.29, 0.717) is 36.8 Å². The third-order valence-electron chi connectivity index (χ3n) is 3.35. The van der Waals surface area contributed by atoms with Gasteiger partial charge in [0.15, 0.2) is 0 Å². The molecule has 1 aromatic carbocycles. The van der Waals surface area contributed by atoms with Crippen LogP contribution in [0, 0.1) is 0 Å². The average Bonchev–Trinajstić information content (AvgIpc) is 2.49. The summed E-state index contributed by atoms with van der Waals surface area (Å²) in [5, 5.41) is 0.432. The number of amides is 2. The fraction of sp³-hybridized carbons (Fsp3) is 0.429. The van der Waals surface area contributed by atoms with Crippen molar-refractivity contribution < 1.29 is 14.3 Å². The summed E-state index contributed by atoms with van der Waals surface area (Å²) < 4.78 is 5.64. The predicted octanol–water partition coefficient (Wildman–Crippen LogP) is 2.03. The number of halogens is 2. The number of hydrogen-bond acceptors (Lipinski definition) is 3. The van der Waals surface area contributed by atoms with Gasteiger partial charge in [0.2, 0.25) is 5.91 Å². The summed E-state index contributed by atoms with van der Waals surface area (Å²) in [4.78, 5) is 27.6. The Morgan fingerprint density at radius 3 is 2.48 bits per heavy atom. The van der Waals surface area contributed by atoms with Gasteiger partial charge < -0.3 is 14.5 Å². The van der Waals surface area contributed by atoms with Crippen LogP contribution < -0.4 is 0 Å². The van der Waals surface area contributed by atoms with Crippen molar-refractivity contribution in [1.29, 1.82) is 0 Å². The van der Waals surface area contributed by atoms with E-state index in [2.05, 4.69) is 15.9 Å². The third-order valence-corrected chi connectivity index (χ3v) is 4.17. The van der Waals surface area contributed by atoms with Crippen molar-refractivity contribution in [3.63, 3.8) is 0 Å². The monoisotopic (exact) mass is 374 g/mol. The molecule has 114 valence electrons. The van der Waals surface area contributed by atoms with Gasteiger partial charge in [0.25, 0.3) is 5.91 Å². The van der Waals surface area contributed by atoms with Crippen LogP contribution in [0.4, 0.5) is 0 Å². The maximum atomic E-state index is 12.5. The summed E-state index contributed by atoms with van der Waals surface area (Å²) in [6.07, 6.45) is 0. The van der Waals surface area contributed by atoms with Crippen molar-refractivity contribution in [1.82, 2.24) is 9.80 Å². The molecule has 0 aliphatic carbocycles. The molecule has 2 rings (SSSR count). The second-order valence-electron chi connectivity index (χ2n) is 4.73. The highest BCUT2D eigenvalue weighted by atomic mass is 79.9. The Hall–Kier alpha value is -1.11. The molecule has 0 atom stereocenters. The minimum atomic E-state index is -0.111. The second-order valence-corrected chi connectivity index (χ2v) is 6.05. The van der Waals surface area contributed by atoms with E-state index in [1.165, 1.54) is 7.11 Å². The number of hydrogen-bond donors (Lipinski definition) is 0. The highest BCUT2D eigenvalue weighted by Gasteiger charge is 2.25. The molecule has 0 radical (unpaired) electrons. The predicted molar refractivity (Wildman–Crippen MR) is 83.5 cm³/mol. The van der Waals surface area contributed by atoms with Crippen LogP contribution in [-0.4, -0.2) is 61.5 Å². The lowest BCUT2D eigenvalue weighted by atomic mass is 10.2. The maximum absolute atomic E-state index is 12.5. The fourth-order valence-electron chi connectivity index (χ4n) is 2.21. The first-order valence-electron chi connectivity index (χ1n) is 6.54. The number of carbonyl (C=O) groups excluding carboxylic acids is 2. The standard InChI is InChI=1S/C14H16BrClN2O3/c1-21-9-13(19)17-4-6-18(7-5-17)14(20)11-8-10(15)2-3-12(11)16/h2-3,8H,4-7,9H2,1H3. The first-order valence-corrected chi connectivity index (χ1v) is 7.71. The zero-order chi connectivity index (χ0) is 15.4. The molecule has 0 spiro atoms. The van der Waals surface area contributed by atoms with Gasteiger partial charge in [-0.15, -0.1) is 0 Å². The van der Waals surface area contributed by atoms with Crippen molar-refractivity contribution >= 4 is 39.3 Å². The van der Waals surface area contributed by atoms with E-state index in [4.69, 9.17) is 16.3 Å². The lowest BCUT2D eigenvalue weighted by Crippen LogP contribution is -2.51. The van der Waals surface area contributed by atoms with Crippen LogP contribution in [0.15, 0.2) is 22.7 Å². The Morgan fingerprint density at radius 2 is 1.86 bits per heavy atom. The van der Waals surface area contributed by atoms with E-state index >= 15 is 0 Å². The molecule has 1 aliphatic heterocycles. The van der Waals surface area contributed by atoms with E-state index in [0.717, 1.165) is 4.47 Å². The number of nitrogens with zero attached hydrogens (tertiary/aromatic N) is 2. The summed E-state index contributed by atoms with van der Waals surface area (Å²) in [5.74, 6) is -0.162. The van der Waals surface area contributed by atoms with Gasteiger partial charge in [0, 0.05) is 37.8 Å². The van der Waals surface area contributed by atoms with Crippen molar-refractivity contribution in [2.75, 3.05) is 39.9 Å². The molecule has 0 saturated carbocycles. The van der Waals surface area contributed by atoms with Crippen molar-refractivity contribution in [2.24, 2.45) is 0 Å². The smallest absolute Gasteiger partial charge is 0.255 e. The molecular formula is C14H16BrClN2O3.